The smallest absolute Gasteiger partial charge is 0.227 e. The summed E-state index contributed by atoms with van der Waals surface area (Å²) in [6.07, 6.45) is 3.53. The van der Waals surface area contributed by atoms with Crippen LogP contribution in [0.25, 0.3) is 0 Å². The van der Waals surface area contributed by atoms with Crippen molar-refractivity contribution in [3.8, 4) is 0 Å². The Balaban J connectivity index is 0.00000242. The molecule has 1 aromatic rings. The molecule has 0 aromatic heterocycles. The zero-order valence-corrected chi connectivity index (χ0v) is 14.2. The van der Waals surface area contributed by atoms with Gasteiger partial charge in [-0.05, 0) is 24.8 Å². The van der Waals surface area contributed by atoms with Gasteiger partial charge < -0.3 is 15.4 Å². The Kier molecular flexibility index (Phi) is 7.87. The predicted octanol–water partition coefficient (Wildman–Crippen LogP) is 2.77. The van der Waals surface area contributed by atoms with Gasteiger partial charge in [-0.15, -0.1) is 12.4 Å². The van der Waals surface area contributed by atoms with E-state index in [1.165, 1.54) is 6.42 Å². The van der Waals surface area contributed by atoms with Crippen LogP contribution >= 0.6 is 12.4 Å². The summed E-state index contributed by atoms with van der Waals surface area (Å²) in [7, 11) is 1.84. The molecule has 2 rings (SSSR count). The number of halogens is 1. The summed E-state index contributed by atoms with van der Waals surface area (Å²) in [5.74, 6) is -0.151. The highest BCUT2D eigenvalue weighted by molar-refractivity contribution is 5.85. The molecule has 0 aliphatic carbocycles. The number of hydrogen-bond donors (Lipinski definition) is 1. The third-order valence-corrected chi connectivity index (χ3v) is 4.24. The quantitative estimate of drug-likeness (QED) is 0.905. The SMILES string of the molecule is CC(C(=O)N(C)CC1CCCCO1)C(N)c1ccccc1.Cl. The molecule has 0 bridgehead atoms. The molecule has 0 saturated carbocycles. The molecule has 22 heavy (non-hydrogen) atoms. The molecule has 124 valence electrons. The highest BCUT2D eigenvalue weighted by atomic mass is 35.5. The fourth-order valence-corrected chi connectivity index (χ4v) is 2.81. The van der Waals surface area contributed by atoms with Crippen LogP contribution in [0.4, 0.5) is 0 Å². The average molecular weight is 327 g/mol. The molecule has 1 heterocycles. The second-order valence-electron chi connectivity index (χ2n) is 5.93. The van der Waals surface area contributed by atoms with Gasteiger partial charge >= 0.3 is 0 Å². The van der Waals surface area contributed by atoms with Crippen LogP contribution in [0.5, 0.6) is 0 Å². The molecule has 4 nitrogen and oxygen atoms in total. The number of nitrogens with zero attached hydrogens (tertiary/aromatic N) is 1. The Morgan fingerprint density at radius 1 is 1.36 bits per heavy atom. The normalized spacial score (nSPS) is 20.6. The van der Waals surface area contributed by atoms with Crippen molar-refractivity contribution in [3.05, 3.63) is 35.9 Å². The largest absolute Gasteiger partial charge is 0.376 e. The zero-order valence-electron chi connectivity index (χ0n) is 13.4. The number of hydrogen-bond acceptors (Lipinski definition) is 3. The molecule has 5 heteroatoms. The van der Waals surface area contributed by atoms with Gasteiger partial charge in [-0.2, -0.15) is 0 Å². The third kappa shape index (κ3) is 4.97. The highest BCUT2D eigenvalue weighted by Gasteiger charge is 2.26. The number of likely N-dealkylation sites (N-methyl/N-ethyl adjacent to an activating group) is 1. The molecule has 1 aliphatic heterocycles. The van der Waals surface area contributed by atoms with Crippen LogP contribution in [0.1, 0.15) is 37.8 Å². The zero-order chi connectivity index (χ0) is 15.2. The monoisotopic (exact) mass is 326 g/mol. The van der Waals surface area contributed by atoms with Crippen molar-refractivity contribution in [2.45, 2.75) is 38.3 Å². The van der Waals surface area contributed by atoms with E-state index in [0.29, 0.717) is 6.54 Å². The number of ether oxygens (including phenoxy) is 1. The maximum absolute atomic E-state index is 12.5. The van der Waals surface area contributed by atoms with Crippen LogP contribution in [0, 0.1) is 5.92 Å². The van der Waals surface area contributed by atoms with Gasteiger partial charge in [-0.25, -0.2) is 0 Å². The van der Waals surface area contributed by atoms with Gasteiger partial charge in [0.25, 0.3) is 0 Å². The molecule has 0 radical (unpaired) electrons. The van der Waals surface area contributed by atoms with Crippen LogP contribution < -0.4 is 5.73 Å². The third-order valence-electron chi connectivity index (χ3n) is 4.24. The van der Waals surface area contributed by atoms with E-state index in [9.17, 15) is 4.79 Å². The Morgan fingerprint density at radius 2 is 2.05 bits per heavy atom. The summed E-state index contributed by atoms with van der Waals surface area (Å²) in [4.78, 5) is 14.3. The number of carbonyl (C=O) groups excluding carboxylic acids is 1. The minimum atomic E-state index is -0.270. The summed E-state index contributed by atoms with van der Waals surface area (Å²) in [6, 6.07) is 9.53. The molecule has 1 fully saturated rings. The Labute approximate surface area is 139 Å². The summed E-state index contributed by atoms with van der Waals surface area (Å²) in [6.45, 7) is 3.37. The van der Waals surface area contributed by atoms with Gasteiger partial charge in [0.2, 0.25) is 5.91 Å². The van der Waals surface area contributed by atoms with Crippen LogP contribution in [-0.4, -0.2) is 37.1 Å². The highest BCUT2D eigenvalue weighted by Crippen LogP contribution is 2.21. The van der Waals surface area contributed by atoms with Crippen LogP contribution in [0.2, 0.25) is 0 Å². The van der Waals surface area contributed by atoms with Gasteiger partial charge in [0.05, 0.1) is 12.0 Å². The second-order valence-corrected chi connectivity index (χ2v) is 5.93. The molecule has 1 amide bonds. The first-order valence-electron chi connectivity index (χ1n) is 7.76. The Morgan fingerprint density at radius 3 is 2.64 bits per heavy atom. The van der Waals surface area contributed by atoms with Crippen LogP contribution in [0.3, 0.4) is 0 Å². The predicted molar refractivity (Wildman–Crippen MR) is 91.0 cm³/mol. The molecule has 3 atom stereocenters. The van der Waals surface area contributed by atoms with E-state index in [4.69, 9.17) is 10.5 Å². The van der Waals surface area contributed by atoms with E-state index in [-0.39, 0.29) is 36.4 Å². The van der Waals surface area contributed by atoms with Crippen molar-refractivity contribution < 1.29 is 9.53 Å². The maximum atomic E-state index is 12.5. The molecular weight excluding hydrogens is 300 g/mol. The van der Waals surface area contributed by atoms with Crippen molar-refractivity contribution >= 4 is 18.3 Å². The van der Waals surface area contributed by atoms with Gasteiger partial charge in [0.15, 0.2) is 0 Å². The first-order valence-corrected chi connectivity index (χ1v) is 7.76. The topological polar surface area (TPSA) is 55.6 Å². The lowest BCUT2D eigenvalue weighted by molar-refractivity contribution is -0.136. The average Bonchev–Trinajstić information content (AvgIpc) is 2.54. The van der Waals surface area contributed by atoms with Gasteiger partial charge in [0.1, 0.15) is 0 Å². The molecule has 1 aromatic carbocycles. The number of amides is 1. The molecular formula is C17H27ClN2O2. The summed E-state index contributed by atoms with van der Waals surface area (Å²) in [5.41, 5.74) is 7.23. The molecule has 2 N–H and O–H groups in total. The first kappa shape index (κ1) is 18.9. The van der Waals surface area contributed by atoms with E-state index in [1.54, 1.807) is 4.90 Å². The number of benzene rings is 1. The van der Waals surface area contributed by atoms with Crippen LogP contribution in [0.15, 0.2) is 30.3 Å². The standard InChI is InChI=1S/C17H26N2O2.ClH/c1-13(16(18)14-8-4-3-5-9-14)17(20)19(2)12-15-10-6-7-11-21-15;/h3-5,8-9,13,15-16H,6-7,10-12,18H2,1-2H3;1H. The van der Waals surface area contributed by atoms with Crippen molar-refractivity contribution in [2.24, 2.45) is 11.7 Å². The fourth-order valence-electron chi connectivity index (χ4n) is 2.81. The van der Waals surface area contributed by atoms with E-state index >= 15 is 0 Å². The summed E-state index contributed by atoms with van der Waals surface area (Å²) in [5, 5.41) is 0. The van der Waals surface area contributed by atoms with Gasteiger partial charge in [0, 0.05) is 26.2 Å². The van der Waals surface area contributed by atoms with Crippen molar-refractivity contribution in [1.29, 1.82) is 0 Å². The van der Waals surface area contributed by atoms with E-state index in [2.05, 4.69) is 0 Å². The summed E-state index contributed by atoms with van der Waals surface area (Å²) < 4.78 is 5.70. The van der Waals surface area contributed by atoms with E-state index in [0.717, 1.165) is 25.0 Å². The van der Waals surface area contributed by atoms with Crippen molar-refractivity contribution in [3.63, 3.8) is 0 Å². The van der Waals surface area contributed by atoms with Gasteiger partial charge in [-0.3, -0.25) is 4.79 Å². The maximum Gasteiger partial charge on any atom is 0.227 e. The number of carbonyl (C=O) groups is 1. The second kappa shape index (κ2) is 9.13. The number of nitrogens with two attached hydrogens (primary N) is 1. The fraction of sp³-hybridized carbons (Fsp3) is 0.588. The molecule has 1 aliphatic rings. The van der Waals surface area contributed by atoms with Crippen molar-refractivity contribution in [1.82, 2.24) is 4.90 Å². The lowest BCUT2D eigenvalue weighted by Crippen LogP contribution is -2.42. The van der Waals surface area contributed by atoms with Crippen LogP contribution in [-0.2, 0) is 9.53 Å². The lowest BCUT2D eigenvalue weighted by Gasteiger charge is -2.30. The van der Waals surface area contributed by atoms with E-state index in [1.807, 2.05) is 44.3 Å². The van der Waals surface area contributed by atoms with E-state index < -0.39 is 0 Å². The summed E-state index contributed by atoms with van der Waals surface area (Å²) >= 11 is 0. The number of rotatable bonds is 5. The Bertz CT molecular complexity index is 449. The Hall–Kier alpha value is -1.10. The molecule has 0 spiro atoms. The van der Waals surface area contributed by atoms with Crippen molar-refractivity contribution in [2.75, 3.05) is 20.2 Å². The minimum absolute atomic E-state index is 0. The minimum Gasteiger partial charge on any atom is -0.376 e. The first-order chi connectivity index (χ1) is 10.1. The molecule has 3 unspecified atom stereocenters. The van der Waals surface area contributed by atoms with Gasteiger partial charge in [-0.1, -0.05) is 37.3 Å². The lowest BCUT2D eigenvalue weighted by atomic mass is 9.94. The molecule has 1 saturated heterocycles.